The number of benzene rings is 2. The summed E-state index contributed by atoms with van der Waals surface area (Å²) in [4.78, 5) is 16.8. The highest BCUT2D eigenvalue weighted by atomic mass is 19.1. The summed E-state index contributed by atoms with van der Waals surface area (Å²) in [6.07, 6.45) is 0. The van der Waals surface area contributed by atoms with Crippen molar-refractivity contribution >= 4 is 11.6 Å². The van der Waals surface area contributed by atoms with Gasteiger partial charge in [-0.05, 0) is 57.2 Å². The van der Waals surface area contributed by atoms with Gasteiger partial charge >= 0.3 is 5.91 Å². The predicted molar refractivity (Wildman–Crippen MR) is 97.7 cm³/mol. The van der Waals surface area contributed by atoms with Gasteiger partial charge in [-0.25, -0.2) is 14.1 Å². The number of carbonyl (C=O) groups excluding carboxylic acids is 1. The number of hydrazine groups is 1. The van der Waals surface area contributed by atoms with Crippen LogP contribution in [0.2, 0.25) is 0 Å². The highest BCUT2D eigenvalue weighted by molar-refractivity contribution is 5.91. The Bertz CT molecular complexity index is 903. The summed E-state index contributed by atoms with van der Waals surface area (Å²) in [5, 5.41) is 5.98. The average Bonchev–Trinajstić information content (AvgIpc) is 3.03. The van der Waals surface area contributed by atoms with Crippen LogP contribution in [-0.2, 0) is 0 Å². The Morgan fingerprint density at radius 3 is 2.38 bits per heavy atom. The van der Waals surface area contributed by atoms with E-state index in [1.807, 2.05) is 38.1 Å². The van der Waals surface area contributed by atoms with E-state index in [2.05, 4.69) is 15.5 Å². The molecule has 0 unspecified atom stereocenters. The lowest BCUT2D eigenvalue weighted by Crippen LogP contribution is -2.42. The first-order chi connectivity index (χ1) is 12.5. The highest BCUT2D eigenvalue weighted by Crippen LogP contribution is 2.14. The molecule has 26 heavy (non-hydrogen) atoms. The van der Waals surface area contributed by atoms with Gasteiger partial charge in [0.05, 0.1) is 11.4 Å². The summed E-state index contributed by atoms with van der Waals surface area (Å²) in [5.41, 5.74) is 5.48. The average molecular weight is 353 g/mol. The third-order valence-corrected chi connectivity index (χ3v) is 3.94. The second-order valence-corrected chi connectivity index (χ2v) is 5.89. The summed E-state index contributed by atoms with van der Waals surface area (Å²) in [6, 6.07) is 13.7. The second-order valence-electron chi connectivity index (χ2n) is 5.89. The van der Waals surface area contributed by atoms with E-state index >= 15 is 0 Å². The van der Waals surface area contributed by atoms with Crippen molar-refractivity contribution in [2.24, 2.45) is 0 Å². The van der Waals surface area contributed by atoms with Crippen molar-refractivity contribution in [2.75, 3.05) is 11.6 Å². The van der Waals surface area contributed by atoms with E-state index < -0.39 is 5.91 Å². The smallest absolute Gasteiger partial charge is 0.285 e. The van der Waals surface area contributed by atoms with Crippen LogP contribution < -0.4 is 10.4 Å². The van der Waals surface area contributed by atoms with Gasteiger partial charge in [-0.3, -0.25) is 15.2 Å². The zero-order valence-corrected chi connectivity index (χ0v) is 14.9. The minimum absolute atomic E-state index is 0.0531. The molecule has 0 bridgehead atoms. The van der Waals surface area contributed by atoms with E-state index in [1.165, 1.54) is 16.8 Å². The largest absolute Gasteiger partial charge is 0.309 e. The Kier molecular flexibility index (Phi) is 4.97. The fourth-order valence-electron chi connectivity index (χ4n) is 2.54. The summed E-state index contributed by atoms with van der Waals surface area (Å²) in [7, 11) is 0. The Labute approximate surface area is 151 Å². The first kappa shape index (κ1) is 17.6. The number of halogens is 1. The number of aryl methyl sites for hydroxylation is 2. The molecule has 0 aliphatic carbocycles. The molecule has 0 aliphatic rings. The van der Waals surface area contributed by atoms with Crippen LogP contribution >= 0.6 is 0 Å². The molecule has 1 heterocycles. The molecule has 0 fully saturated rings. The Morgan fingerprint density at radius 2 is 1.77 bits per heavy atom. The molecule has 0 atom stereocenters. The number of rotatable bonds is 5. The normalized spacial score (nSPS) is 10.6. The summed E-state index contributed by atoms with van der Waals surface area (Å²) in [5.74, 6) is -0.143. The number of amides is 1. The molecular formula is C19H20FN5O. The van der Waals surface area contributed by atoms with E-state index in [0.29, 0.717) is 18.1 Å². The van der Waals surface area contributed by atoms with Crippen molar-refractivity contribution < 1.29 is 9.18 Å². The maximum absolute atomic E-state index is 13.1. The van der Waals surface area contributed by atoms with Gasteiger partial charge in [-0.1, -0.05) is 17.7 Å². The molecular weight excluding hydrogens is 333 g/mol. The summed E-state index contributed by atoms with van der Waals surface area (Å²) >= 11 is 0. The van der Waals surface area contributed by atoms with Gasteiger partial charge in [0.1, 0.15) is 11.6 Å². The van der Waals surface area contributed by atoms with E-state index in [-0.39, 0.29) is 11.6 Å². The van der Waals surface area contributed by atoms with Gasteiger partial charge in [0.2, 0.25) is 5.82 Å². The first-order valence-electron chi connectivity index (χ1n) is 8.32. The first-order valence-corrected chi connectivity index (χ1v) is 8.32. The standard InChI is InChI=1S/C19H20FN5O/c1-4-24(16-9-5-13(2)6-10-16)23-19(26)18-21-14(3)25(22-18)17-11-7-15(20)8-12-17/h5-12H,4H2,1-3H3,(H,23,26). The molecule has 1 amide bonds. The second kappa shape index (κ2) is 7.35. The van der Waals surface area contributed by atoms with Crippen molar-refractivity contribution in [1.29, 1.82) is 0 Å². The number of nitrogens with one attached hydrogen (secondary N) is 1. The van der Waals surface area contributed by atoms with E-state index in [0.717, 1.165) is 11.3 Å². The van der Waals surface area contributed by atoms with Crippen LogP contribution in [0.4, 0.5) is 10.1 Å². The molecule has 1 N–H and O–H groups in total. The Hall–Kier alpha value is -3.22. The number of aromatic nitrogens is 3. The van der Waals surface area contributed by atoms with Crippen molar-refractivity contribution in [3.05, 3.63) is 71.6 Å². The van der Waals surface area contributed by atoms with Crippen LogP contribution in [0.3, 0.4) is 0 Å². The van der Waals surface area contributed by atoms with Gasteiger partial charge < -0.3 is 0 Å². The zero-order valence-electron chi connectivity index (χ0n) is 14.9. The molecule has 3 aromatic rings. The van der Waals surface area contributed by atoms with E-state index in [4.69, 9.17) is 0 Å². The number of anilines is 1. The van der Waals surface area contributed by atoms with Gasteiger partial charge in [-0.15, -0.1) is 5.10 Å². The SMILES string of the molecule is CCN(NC(=O)c1nc(C)n(-c2ccc(F)cc2)n1)c1ccc(C)cc1. The van der Waals surface area contributed by atoms with Crippen LogP contribution in [0.5, 0.6) is 0 Å². The molecule has 7 heteroatoms. The number of hydrogen-bond acceptors (Lipinski definition) is 4. The third-order valence-electron chi connectivity index (χ3n) is 3.94. The van der Waals surface area contributed by atoms with E-state index in [9.17, 15) is 9.18 Å². The van der Waals surface area contributed by atoms with Gasteiger partial charge in [-0.2, -0.15) is 0 Å². The van der Waals surface area contributed by atoms with Crippen molar-refractivity contribution in [1.82, 2.24) is 20.2 Å². The van der Waals surface area contributed by atoms with Crippen LogP contribution in [0.25, 0.3) is 5.69 Å². The Morgan fingerprint density at radius 1 is 1.12 bits per heavy atom. The minimum atomic E-state index is -0.406. The third kappa shape index (κ3) is 3.72. The van der Waals surface area contributed by atoms with E-state index in [1.54, 1.807) is 24.1 Å². The lowest BCUT2D eigenvalue weighted by atomic mass is 10.2. The number of nitrogens with zero attached hydrogens (tertiary/aromatic N) is 4. The molecule has 6 nitrogen and oxygen atoms in total. The zero-order chi connectivity index (χ0) is 18.7. The van der Waals surface area contributed by atoms with Crippen LogP contribution in [0, 0.1) is 19.7 Å². The van der Waals surface area contributed by atoms with Crippen molar-refractivity contribution in [3.8, 4) is 5.69 Å². The molecule has 0 radical (unpaired) electrons. The fourth-order valence-corrected chi connectivity index (χ4v) is 2.54. The van der Waals surface area contributed by atoms with Crippen molar-refractivity contribution in [3.63, 3.8) is 0 Å². The molecule has 0 saturated carbocycles. The van der Waals surface area contributed by atoms with Crippen molar-refractivity contribution in [2.45, 2.75) is 20.8 Å². The predicted octanol–water partition coefficient (Wildman–Crippen LogP) is 3.19. The molecule has 134 valence electrons. The maximum atomic E-state index is 13.1. The molecule has 1 aromatic heterocycles. The van der Waals surface area contributed by atoms with Crippen LogP contribution in [0.15, 0.2) is 48.5 Å². The monoisotopic (exact) mass is 353 g/mol. The summed E-state index contributed by atoms with van der Waals surface area (Å²) in [6.45, 7) is 6.28. The van der Waals surface area contributed by atoms with Gasteiger partial charge in [0.15, 0.2) is 0 Å². The molecule has 3 rings (SSSR count). The molecule has 0 spiro atoms. The number of hydrogen-bond donors (Lipinski definition) is 1. The highest BCUT2D eigenvalue weighted by Gasteiger charge is 2.17. The maximum Gasteiger partial charge on any atom is 0.309 e. The topological polar surface area (TPSA) is 63.1 Å². The molecule has 2 aromatic carbocycles. The minimum Gasteiger partial charge on any atom is -0.285 e. The lowest BCUT2D eigenvalue weighted by Gasteiger charge is -2.23. The Balaban J connectivity index is 1.80. The lowest BCUT2D eigenvalue weighted by molar-refractivity contribution is 0.0939. The van der Waals surface area contributed by atoms with Gasteiger partial charge in [0, 0.05) is 6.54 Å². The van der Waals surface area contributed by atoms with Crippen LogP contribution in [0.1, 0.15) is 28.9 Å². The quantitative estimate of drug-likeness (QED) is 0.716. The van der Waals surface area contributed by atoms with Crippen LogP contribution in [-0.4, -0.2) is 27.2 Å². The van der Waals surface area contributed by atoms with Gasteiger partial charge in [0.25, 0.3) is 0 Å². The molecule has 0 saturated heterocycles. The molecule has 0 aliphatic heterocycles. The number of carbonyl (C=O) groups is 1. The summed E-state index contributed by atoms with van der Waals surface area (Å²) < 4.78 is 14.6. The fraction of sp³-hybridized carbons (Fsp3) is 0.211.